The average molecular weight is 471 g/mol. The molecule has 1 aliphatic heterocycles. The van der Waals surface area contributed by atoms with Crippen LogP contribution >= 0.6 is 0 Å². The quantitative estimate of drug-likeness (QED) is 0.511. The molecule has 0 bridgehead atoms. The van der Waals surface area contributed by atoms with Gasteiger partial charge < -0.3 is 10.1 Å². The first-order valence-electron chi connectivity index (χ1n) is 10.7. The Bertz CT molecular complexity index is 1220. The fraction of sp³-hybridized carbons (Fsp3) is 0.292. The Labute approximate surface area is 195 Å². The van der Waals surface area contributed by atoms with E-state index in [1.807, 2.05) is 6.92 Å². The van der Waals surface area contributed by atoms with Crippen molar-refractivity contribution >= 4 is 23.4 Å². The number of ether oxygens (including phenoxy) is 1. The third-order valence-electron chi connectivity index (χ3n) is 5.57. The van der Waals surface area contributed by atoms with Crippen LogP contribution in [0.25, 0.3) is 11.3 Å². The second-order valence-electron chi connectivity index (χ2n) is 8.01. The van der Waals surface area contributed by atoms with Crippen molar-refractivity contribution in [2.75, 3.05) is 29.2 Å². The molecule has 0 unspecified atom stereocenters. The molecule has 3 aromatic rings. The Morgan fingerprint density at radius 3 is 2.71 bits per heavy atom. The number of anilines is 3. The topological polar surface area (TPSA) is 79.4 Å². The molecule has 0 saturated heterocycles. The number of aryl methyl sites for hydroxylation is 1. The Kier molecular flexibility index (Phi) is 6.32. The van der Waals surface area contributed by atoms with E-state index in [0.29, 0.717) is 47.2 Å². The number of amides is 2. The molecule has 0 aliphatic carbocycles. The number of halogens is 3. The number of alkyl halides is 3. The lowest BCUT2D eigenvalue weighted by Crippen LogP contribution is -2.42. The van der Waals surface area contributed by atoms with Gasteiger partial charge in [0.1, 0.15) is 0 Å². The molecule has 10 heteroatoms. The van der Waals surface area contributed by atoms with Gasteiger partial charge in [0.2, 0.25) is 0 Å². The Hall–Kier alpha value is -3.82. The largest absolute Gasteiger partial charge is 0.493 e. The predicted molar refractivity (Wildman–Crippen MR) is 124 cm³/mol. The van der Waals surface area contributed by atoms with Gasteiger partial charge in [-0.3, -0.25) is 10.2 Å². The number of methoxy groups -OCH3 is 1. The molecule has 3 heterocycles. The van der Waals surface area contributed by atoms with Gasteiger partial charge in [-0.1, -0.05) is 12.1 Å². The lowest BCUT2D eigenvalue weighted by atomic mass is 10.1. The minimum absolute atomic E-state index is 0.242. The standard InChI is InChI=1S/C24H24F3N5O2/c1-14-7-10-20(34-3)21(29-14)31-23(33)32-15(2)11-12-28-19-9-8-18(30-22(19)32)16-5-4-6-17(13-16)24(25,26)27/h4-10,13,15,28H,11-12H2,1-3H3,(H,29,31,33)/t15-/m1/s1. The summed E-state index contributed by atoms with van der Waals surface area (Å²) in [6, 6.07) is 11.1. The van der Waals surface area contributed by atoms with Crippen molar-refractivity contribution < 1.29 is 22.7 Å². The summed E-state index contributed by atoms with van der Waals surface area (Å²) in [6.45, 7) is 4.29. The van der Waals surface area contributed by atoms with Gasteiger partial charge in [0.25, 0.3) is 0 Å². The van der Waals surface area contributed by atoms with Crippen molar-refractivity contribution in [1.82, 2.24) is 9.97 Å². The molecule has 1 atom stereocenters. The van der Waals surface area contributed by atoms with Gasteiger partial charge in [-0.25, -0.2) is 14.8 Å². The zero-order valence-corrected chi connectivity index (χ0v) is 18.9. The second-order valence-corrected chi connectivity index (χ2v) is 8.01. The van der Waals surface area contributed by atoms with E-state index in [0.717, 1.165) is 12.1 Å². The SMILES string of the molecule is COc1ccc(C)nc1NC(=O)N1c2nc(-c3cccc(C(F)(F)F)c3)ccc2NCC[C@H]1C. The van der Waals surface area contributed by atoms with E-state index in [-0.39, 0.29) is 11.9 Å². The molecule has 0 spiro atoms. The third-order valence-corrected chi connectivity index (χ3v) is 5.57. The van der Waals surface area contributed by atoms with Crippen LogP contribution in [0, 0.1) is 6.92 Å². The molecule has 4 rings (SSSR count). The average Bonchev–Trinajstić information content (AvgIpc) is 2.96. The first-order valence-corrected chi connectivity index (χ1v) is 10.7. The summed E-state index contributed by atoms with van der Waals surface area (Å²) in [4.78, 5) is 23.9. The minimum Gasteiger partial charge on any atom is -0.493 e. The zero-order valence-electron chi connectivity index (χ0n) is 18.9. The molecule has 2 aromatic heterocycles. The molecule has 1 aliphatic rings. The third kappa shape index (κ3) is 4.75. The van der Waals surface area contributed by atoms with Crippen molar-refractivity contribution in [3.63, 3.8) is 0 Å². The van der Waals surface area contributed by atoms with E-state index in [4.69, 9.17) is 4.74 Å². The molecular formula is C24H24F3N5O2. The number of hydrogen-bond acceptors (Lipinski definition) is 5. The first kappa shape index (κ1) is 23.3. The Morgan fingerprint density at radius 1 is 1.18 bits per heavy atom. The molecular weight excluding hydrogens is 447 g/mol. The van der Waals surface area contributed by atoms with Crippen molar-refractivity contribution in [3.05, 3.63) is 59.8 Å². The van der Waals surface area contributed by atoms with Crippen molar-refractivity contribution in [1.29, 1.82) is 0 Å². The van der Waals surface area contributed by atoms with E-state index in [1.165, 1.54) is 18.1 Å². The van der Waals surface area contributed by atoms with Crippen LogP contribution in [0.2, 0.25) is 0 Å². The number of pyridine rings is 2. The van der Waals surface area contributed by atoms with Crippen LogP contribution in [-0.4, -0.2) is 35.7 Å². The summed E-state index contributed by atoms with van der Waals surface area (Å²) < 4.78 is 45.0. The van der Waals surface area contributed by atoms with Crippen LogP contribution in [0.3, 0.4) is 0 Å². The molecule has 2 N–H and O–H groups in total. The summed E-state index contributed by atoms with van der Waals surface area (Å²) in [5, 5.41) is 6.04. The smallest absolute Gasteiger partial charge is 0.416 e. The number of carbonyl (C=O) groups is 1. The van der Waals surface area contributed by atoms with Crippen LogP contribution in [0.5, 0.6) is 5.75 Å². The summed E-state index contributed by atoms with van der Waals surface area (Å²) >= 11 is 0. The molecule has 178 valence electrons. The monoisotopic (exact) mass is 471 g/mol. The maximum atomic E-state index is 13.4. The molecule has 1 aromatic carbocycles. The van der Waals surface area contributed by atoms with Gasteiger partial charge in [0.15, 0.2) is 17.4 Å². The Morgan fingerprint density at radius 2 is 1.97 bits per heavy atom. The van der Waals surface area contributed by atoms with Crippen molar-refractivity contribution in [3.8, 4) is 17.0 Å². The number of nitrogens with zero attached hydrogens (tertiary/aromatic N) is 3. The highest BCUT2D eigenvalue weighted by Gasteiger charge is 2.32. The number of fused-ring (bicyclic) bond motifs is 1. The highest BCUT2D eigenvalue weighted by molar-refractivity contribution is 6.04. The van der Waals surface area contributed by atoms with E-state index in [1.54, 1.807) is 37.3 Å². The number of urea groups is 1. The van der Waals surface area contributed by atoms with Gasteiger partial charge in [0.05, 0.1) is 24.1 Å². The van der Waals surface area contributed by atoms with Crippen LogP contribution in [-0.2, 0) is 6.18 Å². The predicted octanol–water partition coefficient (Wildman–Crippen LogP) is 5.72. The van der Waals surface area contributed by atoms with Gasteiger partial charge in [-0.05, 0) is 56.7 Å². The van der Waals surface area contributed by atoms with Gasteiger partial charge in [0, 0.05) is 23.8 Å². The molecule has 0 fully saturated rings. The highest BCUT2D eigenvalue weighted by atomic mass is 19.4. The van der Waals surface area contributed by atoms with E-state index in [2.05, 4.69) is 20.6 Å². The number of benzene rings is 1. The number of hydrogen-bond donors (Lipinski definition) is 2. The number of carbonyl (C=O) groups excluding carboxylic acids is 1. The lowest BCUT2D eigenvalue weighted by Gasteiger charge is -2.27. The van der Waals surface area contributed by atoms with Crippen molar-refractivity contribution in [2.45, 2.75) is 32.5 Å². The molecule has 2 amide bonds. The lowest BCUT2D eigenvalue weighted by molar-refractivity contribution is -0.137. The summed E-state index contributed by atoms with van der Waals surface area (Å²) in [5.41, 5.74) is 1.17. The van der Waals surface area contributed by atoms with Crippen molar-refractivity contribution in [2.24, 2.45) is 0 Å². The van der Waals surface area contributed by atoms with E-state index < -0.39 is 17.8 Å². The Balaban J connectivity index is 1.74. The van der Waals surface area contributed by atoms with E-state index >= 15 is 0 Å². The normalized spacial score (nSPS) is 15.7. The fourth-order valence-corrected chi connectivity index (χ4v) is 3.80. The van der Waals surface area contributed by atoms with Gasteiger partial charge in [-0.2, -0.15) is 13.2 Å². The maximum Gasteiger partial charge on any atom is 0.416 e. The zero-order chi connectivity index (χ0) is 24.5. The summed E-state index contributed by atoms with van der Waals surface area (Å²) in [7, 11) is 1.48. The molecule has 7 nitrogen and oxygen atoms in total. The van der Waals surface area contributed by atoms with Crippen LogP contribution < -0.4 is 20.3 Å². The fourth-order valence-electron chi connectivity index (χ4n) is 3.80. The van der Waals surface area contributed by atoms with Crippen LogP contribution in [0.15, 0.2) is 48.5 Å². The maximum absolute atomic E-state index is 13.4. The number of rotatable bonds is 3. The summed E-state index contributed by atoms with van der Waals surface area (Å²) in [5.74, 6) is 1.00. The van der Waals surface area contributed by atoms with E-state index in [9.17, 15) is 18.0 Å². The van der Waals surface area contributed by atoms with Crippen LogP contribution in [0.1, 0.15) is 24.6 Å². The van der Waals surface area contributed by atoms with Gasteiger partial charge >= 0.3 is 12.2 Å². The number of nitrogens with one attached hydrogen (secondary N) is 2. The first-order chi connectivity index (χ1) is 16.2. The summed E-state index contributed by atoms with van der Waals surface area (Å²) in [6.07, 6.45) is -3.83. The molecule has 0 radical (unpaired) electrons. The number of aromatic nitrogens is 2. The molecule has 0 saturated carbocycles. The van der Waals surface area contributed by atoms with Gasteiger partial charge in [-0.15, -0.1) is 0 Å². The second kappa shape index (κ2) is 9.20. The minimum atomic E-state index is -4.47. The van der Waals surface area contributed by atoms with Crippen LogP contribution in [0.4, 0.5) is 35.3 Å². The molecule has 34 heavy (non-hydrogen) atoms. The highest BCUT2D eigenvalue weighted by Crippen LogP contribution is 2.35.